The summed E-state index contributed by atoms with van der Waals surface area (Å²) >= 11 is 0. The molecule has 0 saturated carbocycles. The minimum atomic E-state index is -0.470. The van der Waals surface area contributed by atoms with Gasteiger partial charge in [-0.25, -0.2) is 14.6 Å². The summed E-state index contributed by atoms with van der Waals surface area (Å²) in [7, 11) is 1.32. The van der Waals surface area contributed by atoms with Gasteiger partial charge < -0.3 is 9.47 Å². The maximum atomic E-state index is 13.2. The van der Waals surface area contributed by atoms with Crippen LogP contribution in [0.15, 0.2) is 60.7 Å². The van der Waals surface area contributed by atoms with E-state index < -0.39 is 11.9 Å². The Kier molecular flexibility index (Phi) is 4.72. The normalized spacial score (nSPS) is 10.9. The molecular formula is C24H19NO4. The Bertz CT molecular complexity index is 1260. The summed E-state index contributed by atoms with van der Waals surface area (Å²) < 4.78 is 10.3. The third-order valence-corrected chi connectivity index (χ3v) is 4.77. The molecule has 0 saturated heterocycles. The van der Waals surface area contributed by atoms with Gasteiger partial charge in [0.15, 0.2) is 0 Å². The molecule has 0 bridgehead atoms. The smallest absolute Gasteiger partial charge is 0.344 e. The van der Waals surface area contributed by atoms with Crippen molar-refractivity contribution in [2.45, 2.75) is 13.8 Å². The van der Waals surface area contributed by atoms with Crippen LogP contribution in [-0.4, -0.2) is 24.0 Å². The summed E-state index contributed by atoms with van der Waals surface area (Å²) in [5.74, 6) is -0.567. The van der Waals surface area contributed by atoms with Crippen molar-refractivity contribution in [3.8, 4) is 5.75 Å². The molecule has 0 amide bonds. The van der Waals surface area contributed by atoms with E-state index >= 15 is 0 Å². The van der Waals surface area contributed by atoms with Gasteiger partial charge in [0.25, 0.3) is 0 Å². The molecule has 0 aliphatic heterocycles. The van der Waals surface area contributed by atoms with Crippen molar-refractivity contribution in [1.29, 1.82) is 0 Å². The number of methoxy groups -OCH3 is 1. The van der Waals surface area contributed by atoms with Gasteiger partial charge in [0.05, 0.1) is 29.3 Å². The second-order valence-electron chi connectivity index (χ2n) is 6.93. The van der Waals surface area contributed by atoms with Crippen molar-refractivity contribution in [3.05, 3.63) is 82.9 Å². The molecular weight excluding hydrogens is 366 g/mol. The van der Waals surface area contributed by atoms with E-state index in [1.807, 2.05) is 50.2 Å². The maximum Gasteiger partial charge on any atom is 0.344 e. The zero-order chi connectivity index (χ0) is 20.5. The number of rotatable bonds is 3. The van der Waals surface area contributed by atoms with Crippen molar-refractivity contribution in [2.75, 3.05) is 7.11 Å². The highest BCUT2D eigenvalue weighted by Gasteiger charge is 2.19. The van der Waals surface area contributed by atoms with E-state index in [1.54, 1.807) is 24.3 Å². The minimum Gasteiger partial charge on any atom is -0.465 e. The summed E-state index contributed by atoms with van der Waals surface area (Å²) in [6.07, 6.45) is 0. The number of pyridine rings is 1. The van der Waals surface area contributed by atoms with Gasteiger partial charge in [-0.05, 0) is 61.9 Å². The number of benzene rings is 3. The molecule has 5 heteroatoms. The van der Waals surface area contributed by atoms with Gasteiger partial charge in [-0.3, -0.25) is 0 Å². The van der Waals surface area contributed by atoms with Gasteiger partial charge in [-0.2, -0.15) is 0 Å². The first-order chi connectivity index (χ1) is 14.0. The first-order valence-electron chi connectivity index (χ1n) is 9.17. The van der Waals surface area contributed by atoms with E-state index in [0.717, 1.165) is 32.9 Å². The van der Waals surface area contributed by atoms with E-state index in [2.05, 4.69) is 0 Å². The van der Waals surface area contributed by atoms with E-state index in [9.17, 15) is 9.59 Å². The average Bonchev–Trinajstić information content (AvgIpc) is 2.72. The number of hydrogen-bond donors (Lipinski definition) is 0. The number of aromatic nitrogens is 1. The number of fused-ring (bicyclic) bond motifs is 2. The Balaban J connectivity index is 1.81. The molecule has 0 spiro atoms. The lowest BCUT2D eigenvalue weighted by atomic mass is 10.00. The molecule has 144 valence electrons. The van der Waals surface area contributed by atoms with Crippen molar-refractivity contribution >= 4 is 33.7 Å². The SMILES string of the molecule is COC(=O)c1ccc(OC(=O)c2c3ccc(C)cc3nc3ccc(C)cc23)cc1. The van der Waals surface area contributed by atoms with Crippen molar-refractivity contribution in [1.82, 2.24) is 4.98 Å². The van der Waals surface area contributed by atoms with E-state index in [-0.39, 0.29) is 0 Å². The van der Waals surface area contributed by atoms with Crippen molar-refractivity contribution in [3.63, 3.8) is 0 Å². The van der Waals surface area contributed by atoms with Crippen molar-refractivity contribution in [2.24, 2.45) is 0 Å². The molecule has 1 aromatic heterocycles. The summed E-state index contributed by atoms with van der Waals surface area (Å²) in [5.41, 5.74) is 4.44. The van der Waals surface area contributed by atoms with Crippen LogP contribution in [0.5, 0.6) is 5.75 Å². The predicted octanol–water partition coefficient (Wildman–Crippen LogP) is 5.01. The molecule has 4 aromatic rings. The number of ether oxygens (including phenoxy) is 2. The molecule has 0 atom stereocenters. The summed E-state index contributed by atoms with van der Waals surface area (Å²) in [4.78, 5) is 29.5. The van der Waals surface area contributed by atoms with E-state index in [0.29, 0.717) is 16.9 Å². The standard InChI is InChI=1S/C24H19NO4/c1-14-5-11-20-19(12-14)22(18-10-4-15(2)13-21(18)25-20)24(27)29-17-8-6-16(7-9-17)23(26)28-3/h4-13H,1-3H3. The summed E-state index contributed by atoms with van der Waals surface area (Å²) in [6.45, 7) is 3.96. The summed E-state index contributed by atoms with van der Waals surface area (Å²) in [5, 5.41) is 1.49. The fourth-order valence-electron chi connectivity index (χ4n) is 3.32. The lowest BCUT2D eigenvalue weighted by Crippen LogP contribution is -2.11. The molecule has 4 rings (SSSR count). The number of esters is 2. The van der Waals surface area contributed by atoms with E-state index in [1.165, 1.54) is 7.11 Å². The first-order valence-corrected chi connectivity index (χ1v) is 9.17. The highest BCUT2D eigenvalue weighted by Crippen LogP contribution is 2.29. The topological polar surface area (TPSA) is 65.5 Å². The number of nitrogens with zero attached hydrogens (tertiary/aromatic N) is 1. The molecule has 0 radical (unpaired) electrons. The molecule has 29 heavy (non-hydrogen) atoms. The van der Waals surface area contributed by atoms with Crippen LogP contribution in [0.3, 0.4) is 0 Å². The van der Waals surface area contributed by atoms with Gasteiger partial charge in [-0.1, -0.05) is 23.8 Å². The third kappa shape index (κ3) is 3.55. The van der Waals surface area contributed by atoms with Crippen LogP contribution < -0.4 is 4.74 Å². The Hall–Kier alpha value is -3.73. The van der Waals surface area contributed by atoms with Crippen LogP contribution in [-0.2, 0) is 4.74 Å². The molecule has 0 N–H and O–H groups in total. The largest absolute Gasteiger partial charge is 0.465 e. The number of aryl methyl sites for hydroxylation is 2. The fourth-order valence-corrected chi connectivity index (χ4v) is 3.32. The van der Waals surface area contributed by atoms with Crippen LogP contribution in [0.25, 0.3) is 21.8 Å². The quantitative estimate of drug-likeness (QED) is 0.282. The zero-order valence-electron chi connectivity index (χ0n) is 16.4. The maximum absolute atomic E-state index is 13.2. The lowest BCUT2D eigenvalue weighted by Gasteiger charge is -2.12. The molecule has 0 unspecified atom stereocenters. The van der Waals surface area contributed by atoms with Crippen LogP contribution in [0.4, 0.5) is 0 Å². The van der Waals surface area contributed by atoms with E-state index in [4.69, 9.17) is 14.5 Å². The van der Waals surface area contributed by atoms with Gasteiger partial charge in [-0.15, -0.1) is 0 Å². The lowest BCUT2D eigenvalue weighted by molar-refractivity contribution is 0.0600. The molecule has 5 nitrogen and oxygen atoms in total. The van der Waals surface area contributed by atoms with Gasteiger partial charge in [0.1, 0.15) is 5.75 Å². The second-order valence-corrected chi connectivity index (χ2v) is 6.93. The second kappa shape index (κ2) is 7.36. The third-order valence-electron chi connectivity index (χ3n) is 4.77. The number of hydrogen-bond acceptors (Lipinski definition) is 5. The minimum absolute atomic E-state index is 0.348. The zero-order valence-corrected chi connectivity index (χ0v) is 16.4. The number of carbonyl (C=O) groups is 2. The predicted molar refractivity (Wildman–Crippen MR) is 111 cm³/mol. The van der Waals surface area contributed by atoms with Gasteiger partial charge in [0, 0.05) is 10.8 Å². The molecule has 0 aliphatic rings. The highest BCUT2D eigenvalue weighted by atomic mass is 16.5. The Labute approximate surface area is 167 Å². The average molecular weight is 385 g/mol. The molecule has 1 heterocycles. The number of carbonyl (C=O) groups excluding carboxylic acids is 2. The summed E-state index contributed by atoms with van der Waals surface area (Å²) in [6, 6.07) is 17.9. The fraction of sp³-hybridized carbons (Fsp3) is 0.125. The molecule has 0 aliphatic carbocycles. The Morgan fingerprint density at radius 1 is 0.759 bits per heavy atom. The molecule has 0 fully saturated rings. The van der Waals surface area contributed by atoms with Crippen LogP contribution in [0, 0.1) is 13.8 Å². The van der Waals surface area contributed by atoms with Crippen LogP contribution >= 0.6 is 0 Å². The Morgan fingerprint density at radius 2 is 1.45 bits per heavy atom. The molecule has 3 aromatic carbocycles. The highest BCUT2D eigenvalue weighted by molar-refractivity contribution is 6.15. The van der Waals surface area contributed by atoms with Crippen LogP contribution in [0.1, 0.15) is 31.8 Å². The van der Waals surface area contributed by atoms with Gasteiger partial charge >= 0.3 is 11.9 Å². The van der Waals surface area contributed by atoms with Crippen LogP contribution in [0.2, 0.25) is 0 Å². The van der Waals surface area contributed by atoms with Crippen molar-refractivity contribution < 1.29 is 19.1 Å². The Morgan fingerprint density at radius 3 is 2.17 bits per heavy atom. The first kappa shape index (κ1) is 18.6. The monoisotopic (exact) mass is 385 g/mol. The van der Waals surface area contributed by atoms with Gasteiger partial charge in [0.2, 0.25) is 0 Å².